The number of nitrogens with zero attached hydrogens (tertiary/aromatic N) is 2. The van der Waals surface area contributed by atoms with Crippen molar-refractivity contribution in [3.05, 3.63) is 188 Å². The molecule has 6 aromatic rings. The minimum atomic E-state index is -0.444. The molecule has 0 fully saturated rings. The van der Waals surface area contributed by atoms with Crippen molar-refractivity contribution in [1.29, 1.82) is 0 Å². The highest BCUT2D eigenvalue weighted by Gasteiger charge is 2.70. The normalized spacial score (nSPS) is 22.0. The van der Waals surface area contributed by atoms with E-state index in [-0.39, 0.29) is 11.8 Å². The van der Waals surface area contributed by atoms with E-state index in [0.29, 0.717) is 0 Å². The summed E-state index contributed by atoms with van der Waals surface area (Å²) in [5.41, 5.74) is 20.0. The number of aromatic nitrogens is 2. The third kappa shape index (κ3) is 2.18. The van der Waals surface area contributed by atoms with Crippen molar-refractivity contribution in [3.8, 4) is 11.3 Å². The van der Waals surface area contributed by atoms with Crippen molar-refractivity contribution in [2.75, 3.05) is 0 Å². The molecule has 2 heteroatoms. The predicted molar refractivity (Wildman–Crippen MR) is 157 cm³/mol. The maximum absolute atomic E-state index is 2.70. The van der Waals surface area contributed by atoms with Gasteiger partial charge in [0.2, 0.25) is 11.4 Å². The fourth-order valence-electron chi connectivity index (χ4n) is 9.50. The van der Waals surface area contributed by atoms with Gasteiger partial charge in [-0.2, -0.15) is 0 Å². The Morgan fingerprint density at radius 2 is 1.17 bits per heavy atom. The summed E-state index contributed by atoms with van der Waals surface area (Å²) in [6.07, 6.45) is 6.69. The van der Waals surface area contributed by atoms with E-state index in [0.717, 1.165) is 12.8 Å². The van der Waals surface area contributed by atoms with Gasteiger partial charge >= 0.3 is 5.66 Å². The van der Waals surface area contributed by atoms with Crippen LogP contribution < -0.4 is 9.13 Å². The lowest BCUT2D eigenvalue weighted by Gasteiger charge is -2.44. The van der Waals surface area contributed by atoms with Gasteiger partial charge in [-0.15, -0.1) is 9.13 Å². The molecule has 4 aromatic carbocycles. The van der Waals surface area contributed by atoms with Crippen molar-refractivity contribution < 1.29 is 9.13 Å². The summed E-state index contributed by atoms with van der Waals surface area (Å²) >= 11 is 0. The molecule has 0 N–H and O–H groups in total. The van der Waals surface area contributed by atoms with Crippen LogP contribution in [0.3, 0.4) is 0 Å². The lowest BCUT2D eigenvalue weighted by molar-refractivity contribution is -0.968. The number of fused-ring (bicyclic) bond motifs is 8. The average molecular weight is 523 g/mol. The molecule has 4 heterocycles. The molecule has 0 amide bonds. The van der Waals surface area contributed by atoms with Crippen LogP contribution in [-0.2, 0) is 18.5 Å². The van der Waals surface area contributed by atoms with Gasteiger partial charge in [-0.25, -0.2) is 0 Å². The minimum absolute atomic E-state index is 0.224. The fraction of sp³-hybridized carbons (Fsp3) is 0.128. The molecule has 11 rings (SSSR count). The van der Waals surface area contributed by atoms with Gasteiger partial charge in [-0.3, -0.25) is 0 Å². The van der Waals surface area contributed by atoms with Crippen LogP contribution in [0.1, 0.15) is 78.7 Å². The third-order valence-electron chi connectivity index (χ3n) is 10.8. The first-order chi connectivity index (χ1) is 20.4. The number of hydrogen-bond acceptors (Lipinski definition) is 0. The summed E-state index contributed by atoms with van der Waals surface area (Å²) in [5, 5.41) is 0. The van der Waals surface area contributed by atoms with Crippen LogP contribution >= 0.6 is 0 Å². The summed E-state index contributed by atoms with van der Waals surface area (Å²) in [6.45, 7) is 0. The highest BCUT2D eigenvalue weighted by molar-refractivity contribution is 5.77. The zero-order valence-corrected chi connectivity index (χ0v) is 22.5. The molecule has 0 saturated carbocycles. The van der Waals surface area contributed by atoms with E-state index in [1.807, 2.05) is 0 Å². The van der Waals surface area contributed by atoms with Crippen LogP contribution in [-0.4, -0.2) is 0 Å². The summed E-state index contributed by atoms with van der Waals surface area (Å²) < 4.78 is 5.30. The Labute approximate surface area is 238 Å². The molecule has 3 atom stereocenters. The molecule has 3 unspecified atom stereocenters. The Morgan fingerprint density at radius 3 is 2.05 bits per heavy atom. The third-order valence-corrected chi connectivity index (χ3v) is 10.8. The van der Waals surface area contributed by atoms with Crippen LogP contribution in [0, 0.1) is 0 Å². The summed E-state index contributed by atoms with van der Waals surface area (Å²) in [6, 6.07) is 41.8. The number of rotatable bonds is 0. The van der Waals surface area contributed by atoms with Crippen molar-refractivity contribution in [2.24, 2.45) is 0 Å². The molecule has 41 heavy (non-hydrogen) atoms. The Kier molecular flexibility index (Phi) is 3.53. The van der Waals surface area contributed by atoms with E-state index in [1.165, 1.54) is 72.6 Å². The van der Waals surface area contributed by atoms with Crippen molar-refractivity contribution in [3.63, 3.8) is 0 Å². The molecule has 2 aliphatic heterocycles. The average Bonchev–Trinajstić information content (AvgIpc) is 3.33. The Hall–Kier alpha value is -4.82. The van der Waals surface area contributed by atoms with Gasteiger partial charge in [0.15, 0.2) is 12.4 Å². The first-order valence-electron chi connectivity index (χ1n) is 14.9. The van der Waals surface area contributed by atoms with Gasteiger partial charge < -0.3 is 0 Å². The maximum atomic E-state index is 2.70. The minimum Gasteiger partial charge on any atom is -0.129 e. The highest BCUT2D eigenvalue weighted by Crippen LogP contribution is 2.60. The predicted octanol–water partition coefficient (Wildman–Crippen LogP) is 6.34. The maximum Gasteiger partial charge on any atom is 0.417 e. The van der Waals surface area contributed by atoms with Crippen LogP contribution in [0.25, 0.3) is 11.3 Å². The quantitative estimate of drug-likeness (QED) is 0.206. The van der Waals surface area contributed by atoms with Crippen molar-refractivity contribution in [2.45, 2.75) is 30.3 Å². The zero-order chi connectivity index (χ0) is 26.4. The fourth-order valence-corrected chi connectivity index (χ4v) is 9.50. The molecule has 0 saturated heterocycles. The Morgan fingerprint density at radius 1 is 0.488 bits per heavy atom. The molecule has 1 spiro atoms. The van der Waals surface area contributed by atoms with E-state index in [4.69, 9.17) is 0 Å². The van der Waals surface area contributed by atoms with E-state index in [1.54, 1.807) is 5.56 Å². The second-order valence-electron chi connectivity index (χ2n) is 12.4. The van der Waals surface area contributed by atoms with Gasteiger partial charge in [0.1, 0.15) is 11.1 Å². The molecule has 5 aliphatic rings. The molecule has 2 nitrogen and oxygen atoms in total. The lowest BCUT2D eigenvalue weighted by Crippen LogP contribution is -2.77. The monoisotopic (exact) mass is 522 g/mol. The number of hydrogen-bond donors (Lipinski definition) is 0. The van der Waals surface area contributed by atoms with E-state index in [2.05, 4.69) is 131 Å². The van der Waals surface area contributed by atoms with E-state index in [9.17, 15) is 0 Å². The lowest BCUT2D eigenvalue weighted by atomic mass is 9.60. The second kappa shape index (κ2) is 6.90. The van der Waals surface area contributed by atoms with Crippen LogP contribution in [0.2, 0.25) is 0 Å². The first-order valence-corrected chi connectivity index (χ1v) is 14.9. The van der Waals surface area contributed by atoms with Gasteiger partial charge in [-0.1, -0.05) is 72.8 Å². The molecule has 3 aliphatic carbocycles. The van der Waals surface area contributed by atoms with Gasteiger partial charge in [0, 0.05) is 36.1 Å². The topological polar surface area (TPSA) is 7.76 Å². The number of benzene rings is 4. The standard InChI is InChI=1S/C39H26N2/c1-3-12-27-23(9-1)21-25-17-18-31-35-28-13-4-2-10-24(28)22-26-11-8-20-41(38(26)35)39-36-29(32-16-5-6-19-40(32)39)14-7-15-30(36)34(27)33(25)37(31)39/h1-20,34-35H,21-22H2/q+2. The van der Waals surface area contributed by atoms with Crippen LogP contribution in [0.5, 0.6) is 0 Å². The molecule has 190 valence electrons. The van der Waals surface area contributed by atoms with Gasteiger partial charge in [0.05, 0.1) is 11.5 Å². The number of pyridine rings is 2. The molecule has 0 radical (unpaired) electrons. The smallest absolute Gasteiger partial charge is 0.129 e. The largest absolute Gasteiger partial charge is 0.417 e. The Bertz CT molecular complexity index is 2190. The van der Waals surface area contributed by atoms with Gasteiger partial charge in [0.25, 0.3) is 0 Å². The van der Waals surface area contributed by atoms with E-state index < -0.39 is 5.66 Å². The Balaban J connectivity index is 1.40. The second-order valence-corrected chi connectivity index (χ2v) is 12.4. The highest BCUT2D eigenvalue weighted by atomic mass is 15.3. The van der Waals surface area contributed by atoms with E-state index >= 15 is 0 Å². The molecular weight excluding hydrogens is 496 g/mol. The molecule has 0 bridgehead atoms. The summed E-state index contributed by atoms with van der Waals surface area (Å²) in [5.74, 6) is 0.467. The zero-order valence-electron chi connectivity index (χ0n) is 22.5. The van der Waals surface area contributed by atoms with Gasteiger partial charge in [-0.05, 0) is 69.1 Å². The molecular formula is C39H26N2+2. The molecule has 2 aromatic heterocycles. The van der Waals surface area contributed by atoms with Crippen molar-refractivity contribution in [1.82, 2.24) is 0 Å². The van der Waals surface area contributed by atoms with Crippen molar-refractivity contribution >= 4 is 0 Å². The first kappa shape index (κ1) is 21.0. The summed E-state index contributed by atoms with van der Waals surface area (Å²) in [7, 11) is 0. The summed E-state index contributed by atoms with van der Waals surface area (Å²) in [4.78, 5) is 0. The van der Waals surface area contributed by atoms with Crippen LogP contribution in [0.4, 0.5) is 0 Å². The SMILES string of the molecule is c1ccc2c(c1)Cc1ccc3c4c1C2c1cccc2c1C4([n+]1ccccc1-2)[n+]1cccc2c1C3c1ccccc1C2. The van der Waals surface area contributed by atoms with Crippen LogP contribution in [0.15, 0.2) is 122 Å².